The molecule has 20 heavy (non-hydrogen) atoms. The second kappa shape index (κ2) is 6.00. The monoisotopic (exact) mass is 281 g/mol. The normalized spacial score (nSPS) is 13.2. The predicted octanol–water partition coefficient (Wildman–Crippen LogP) is 3.19. The Morgan fingerprint density at radius 2 is 1.80 bits per heavy atom. The average Bonchev–Trinajstić information content (AvgIpc) is 2.45. The van der Waals surface area contributed by atoms with Gasteiger partial charge in [0.25, 0.3) is 0 Å². The van der Waals surface area contributed by atoms with Crippen molar-refractivity contribution in [1.82, 2.24) is 15.3 Å². The molecule has 0 aliphatic heterocycles. The van der Waals surface area contributed by atoms with Crippen molar-refractivity contribution in [3.05, 3.63) is 59.7 Å². The Hall–Kier alpha value is -1.95. The number of nitrogens with zero attached hydrogens (tertiary/aromatic N) is 2. The second-order valence-corrected chi connectivity index (χ2v) is 4.25. The zero-order chi connectivity index (χ0) is 14.6. The van der Waals surface area contributed by atoms with Crippen LogP contribution in [0.1, 0.15) is 29.7 Å². The van der Waals surface area contributed by atoms with Gasteiger partial charge in [-0.2, -0.15) is 13.2 Å². The zero-order valence-corrected chi connectivity index (χ0v) is 10.9. The lowest BCUT2D eigenvalue weighted by Gasteiger charge is -2.22. The van der Waals surface area contributed by atoms with Crippen LogP contribution in [0.5, 0.6) is 0 Å². The van der Waals surface area contributed by atoms with Gasteiger partial charge in [0.05, 0.1) is 11.6 Å². The molecule has 1 heterocycles. The molecule has 0 aliphatic rings. The molecular weight excluding hydrogens is 267 g/mol. The van der Waals surface area contributed by atoms with Crippen LogP contribution in [0.2, 0.25) is 0 Å². The number of aromatic nitrogens is 2. The molecule has 1 aromatic carbocycles. The van der Waals surface area contributed by atoms with Crippen molar-refractivity contribution in [3.63, 3.8) is 0 Å². The minimum absolute atomic E-state index is 0.177. The molecule has 1 unspecified atom stereocenters. The molecule has 0 bridgehead atoms. The van der Waals surface area contributed by atoms with E-state index in [0.717, 1.165) is 6.07 Å². The number of hydrogen-bond acceptors (Lipinski definition) is 3. The van der Waals surface area contributed by atoms with Gasteiger partial charge >= 0.3 is 6.18 Å². The van der Waals surface area contributed by atoms with E-state index in [1.165, 1.54) is 30.9 Å². The van der Waals surface area contributed by atoms with Crippen molar-refractivity contribution < 1.29 is 13.2 Å². The Balaban J connectivity index is 2.51. The van der Waals surface area contributed by atoms with Gasteiger partial charge in [0.1, 0.15) is 6.33 Å². The van der Waals surface area contributed by atoms with Gasteiger partial charge in [-0.25, -0.2) is 9.97 Å². The van der Waals surface area contributed by atoms with E-state index in [4.69, 9.17) is 0 Å². The second-order valence-electron chi connectivity index (χ2n) is 4.25. The molecule has 0 saturated carbocycles. The Labute approximate surface area is 114 Å². The number of benzene rings is 1. The lowest BCUT2D eigenvalue weighted by Crippen LogP contribution is -2.25. The molecule has 106 valence electrons. The van der Waals surface area contributed by atoms with E-state index in [-0.39, 0.29) is 5.56 Å². The van der Waals surface area contributed by atoms with E-state index >= 15 is 0 Å². The Kier molecular flexibility index (Phi) is 4.34. The topological polar surface area (TPSA) is 37.8 Å². The number of hydrogen-bond donors (Lipinski definition) is 1. The Bertz CT molecular complexity index is 555. The summed E-state index contributed by atoms with van der Waals surface area (Å²) in [5.74, 6) is 0. The average molecular weight is 281 g/mol. The van der Waals surface area contributed by atoms with E-state index in [2.05, 4.69) is 15.3 Å². The first-order valence-corrected chi connectivity index (χ1v) is 6.18. The van der Waals surface area contributed by atoms with Crippen LogP contribution < -0.4 is 5.32 Å². The summed E-state index contributed by atoms with van der Waals surface area (Å²) in [6, 6.07) is 4.96. The van der Waals surface area contributed by atoms with Gasteiger partial charge in [0, 0.05) is 18.0 Å². The Morgan fingerprint density at radius 3 is 2.40 bits per heavy atom. The van der Waals surface area contributed by atoms with Gasteiger partial charge < -0.3 is 5.32 Å². The van der Waals surface area contributed by atoms with E-state index < -0.39 is 17.8 Å². The van der Waals surface area contributed by atoms with Crippen molar-refractivity contribution in [3.8, 4) is 0 Å². The molecule has 0 amide bonds. The van der Waals surface area contributed by atoms with Crippen LogP contribution in [0.15, 0.2) is 43.0 Å². The van der Waals surface area contributed by atoms with E-state index in [0.29, 0.717) is 12.1 Å². The summed E-state index contributed by atoms with van der Waals surface area (Å²) in [6.45, 7) is 2.37. The van der Waals surface area contributed by atoms with Crippen molar-refractivity contribution in [2.24, 2.45) is 0 Å². The third-order valence-corrected chi connectivity index (χ3v) is 2.90. The fourth-order valence-corrected chi connectivity index (χ4v) is 2.08. The van der Waals surface area contributed by atoms with Crippen LogP contribution in [0.3, 0.4) is 0 Å². The van der Waals surface area contributed by atoms with Gasteiger partial charge in [-0.15, -0.1) is 0 Å². The first kappa shape index (κ1) is 14.5. The summed E-state index contributed by atoms with van der Waals surface area (Å²) in [5.41, 5.74) is 0.137. The minimum Gasteiger partial charge on any atom is -0.306 e. The summed E-state index contributed by atoms with van der Waals surface area (Å²) in [6.07, 6.45) is 0.00301. The SMILES string of the molecule is CCNC(c1cncnc1)c1ccccc1C(F)(F)F. The molecule has 0 radical (unpaired) electrons. The third-order valence-electron chi connectivity index (χ3n) is 2.90. The molecule has 6 heteroatoms. The van der Waals surface area contributed by atoms with Gasteiger partial charge in [-0.1, -0.05) is 25.1 Å². The van der Waals surface area contributed by atoms with E-state index in [1.807, 2.05) is 6.92 Å². The van der Waals surface area contributed by atoms with Crippen molar-refractivity contribution in [1.29, 1.82) is 0 Å². The van der Waals surface area contributed by atoms with Crippen LogP contribution in [0, 0.1) is 0 Å². The molecule has 0 saturated heterocycles. The smallest absolute Gasteiger partial charge is 0.306 e. The van der Waals surface area contributed by atoms with Crippen molar-refractivity contribution in [2.75, 3.05) is 6.54 Å². The number of halogens is 3. The van der Waals surface area contributed by atoms with Gasteiger partial charge in [-0.05, 0) is 18.2 Å². The highest BCUT2D eigenvalue weighted by molar-refractivity contribution is 5.37. The van der Waals surface area contributed by atoms with Crippen LogP contribution in [-0.2, 0) is 6.18 Å². The Morgan fingerprint density at radius 1 is 1.15 bits per heavy atom. The maximum atomic E-state index is 13.1. The molecule has 3 nitrogen and oxygen atoms in total. The quantitative estimate of drug-likeness (QED) is 0.935. The highest BCUT2D eigenvalue weighted by atomic mass is 19.4. The van der Waals surface area contributed by atoms with Crippen LogP contribution in [0.25, 0.3) is 0 Å². The maximum Gasteiger partial charge on any atom is 0.416 e. The molecule has 2 aromatic rings. The molecule has 1 aromatic heterocycles. The summed E-state index contributed by atoms with van der Waals surface area (Å²) < 4.78 is 39.3. The molecule has 0 fully saturated rings. The fraction of sp³-hybridized carbons (Fsp3) is 0.286. The highest BCUT2D eigenvalue weighted by Crippen LogP contribution is 2.36. The van der Waals surface area contributed by atoms with Crippen LogP contribution in [-0.4, -0.2) is 16.5 Å². The minimum atomic E-state index is -4.39. The van der Waals surface area contributed by atoms with Crippen LogP contribution >= 0.6 is 0 Å². The maximum absolute atomic E-state index is 13.1. The molecule has 0 aliphatic carbocycles. The predicted molar refractivity (Wildman–Crippen MR) is 69.0 cm³/mol. The van der Waals surface area contributed by atoms with Gasteiger partial charge in [-0.3, -0.25) is 0 Å². The van der Waals surface area contributed by atoms with Crippen molar-refractivity contribution >= 4 is 0 Å². The van der Waals surface area contributed by atoms with Crippen molar-refractivity contribution in [2.45, 2.75) is 19.1 Å². The fourth-order valence-electron chi connectivity index (χ4n) is 2.08. The summed E-state index contributed by atoms with van der Waals surface area (Å²) in [4.78, 5) is 7.75. The third kappa shape index (κ3) is 3.14. The molecular formula is C14H14F3N3. The van der Waals surface area contributed by atoms with Gasteiger partial charge in [0.2, 0.25) is 0 Å². The number of alkyl halides is 3. The van der Waals surface area contributed by atoms with Crippen LogP contribution in [0.4, 0.5) is 13.2 Å². The largest absolute Gasteiger partial charge is 0.416 e. The number of nitrogens with one attached hydrogen (secondary N) is 1. The highest BCUT2D eigenvalue weighted by Gasteiger charge is 2.35. The molecule has 1 atom stereocenters. The lowest BCUT2D eigenvalue weighted by atomic mass is 9.95. The number of rotatable bonds is 4. The lowest BCUT2D eigenvalue weighted by molar-refractivity contribution is -0.138. The first-order chi connectivity index (χ1) is 9.54. The zero-order valence-electron chi connectivity index (χ0n) is 10.9. The standard InChI is InChI=1S/C14H14F3N3/c1-2-20-13(10-7-18-9-19-8-10)11-5-3-4-6-12(11)14(15,16)17/h3-9,13,20H,2H2,1H3. The van der Waals surface area contributed by atoms with E-state index in [9.17, 15) is 13.2 Å². The summed E-state index contributed by atoms with van der Waals surface area (Å²) >= 11 is 0. The van der Waals surface area contributed by atoms with E-state index in [1.54, 1.807) is 6.07 Å². The first-order valence-electron chi connectivity index (χ1n) is 6.18. The molecule has 1 N–H and O–H groups in total. The van der Waals surface area contributed by atoms with Gasteiger partial charge in [0.15, 0.2) is 0 Å². The molecule has 2 rings (SSSR count). The summed E-state index contributed by atoms with van der Waals surface area (Å²) in [5, 5.41) is 3.05. The summed E-state index contributed by atoms with van der Waals surface area (Å²) in [7, 11) is 0. The molecule has 0 spiro atoms.